The van der Waals surface area contributed by atoms with Crippen LogP contribution in [0, 0.1) is 5.92 Å². The van der Waals surface area contributed by atoms with Gasteiger partial charge in [0.2, 0.25) is 0 Å². The highest BCUT2D eigenvalue weighted by atomic mass is 16.7. The van der Waals surface area contributed by atoms with Crippen molar-refractivity contribution in [3.8, 4) is 0 Å². The average Bonchev–Trinajstić information content (AvgIpc) is 3.07. The molecular weight excluding hydrogens is 432 g/mol. The summed E-state index contributed by atoms with van der Waals surface area (Å²) in [4.78, 5) is 67.5. The Kier molecular flexibility index (Phi) is 6.74. The minimum absolute atomic E-state index is 0.0933. The third-order valence-corrected chi connectivity index (χ3v) is 4.53. The number of ether oxygens (including phenoxy) is 4. The largest absolute Gasteiger partial charge is 0.463 e. The van der Waals surface area contributed by atoms with Gasteiger partial charge in [-0.3, -0.25) is 9.36 Å². The van der Waals surface area contributed by atoms with Crippen LogP contribution in [0.3, 0.4) is 0 Å². The van der Waals surface area contributed by atoms with Crippen LogP contribution in [0.1, 0.15) is 27.0 Å². The van der Waals surface area contributed by atoms with E-state index in [1.54, 1.807) is 13.8 Å². The first-order valence-electron chi connectivity index (χ1n) is 9.63. The van der Waals surface area contributed by atoms with E-state index in [0.717, 1.165) is 4.57 Å². The molecule has 3 N–H and O–H groups in total. The summed E-state index contributed by atoms with van der Waals surface area (Å²) < 4.78 is 22.1. The lowest BCUT2D eigenvalue weighted by Gasteiger charge is -2.28. The van der Waals surface area contributed by atoms with Crippen molar-refractivity contribution in [3.05, 3.63) is 22.7 Å². The monoisotopic (exact) mass is 454 g/mol. The molecule has 0 amide bonds. The first kappa shape index (κ1) is 23.1. The Hall–Kier alpha value is -3.52. The van der Waals surface area contributed by atoms with Gasteiger partial charge in [0.1, 0.15) is 18.8 Å². The van der Waals surface area contributed by atoms with Crippen molar-refractivity contribution in [2.75, 3.05) is 12.1 Å². The molecule has 0 bridgehead atoms. The predicted molar refractivity (Wildman–Crippen MR) is 101 cm³/mol. The van der Waals surface area contributed by atoms with Gasteiger partial charge < -0.3 is 29.5 Å². The van der Waals surface area contributed by atoms with E-state index in [-0.39, 0.29) is 12.4 Å². The van der Waals surface area contributed by atoms with E-state index in [1.165, 1.54) is 19.2 Å². The molecular formula is C18H22N4O10. The number of nitrogens with zero attached hydrogens (tertiary/aromatic N) is 2. The summed E-state index contributed by atoms with van der Waals surface area (Å²) in [5.41, 5.74) is 6.71. The number of hydrogen-bond acceptors (Lipinski definition) is 13. The SMILES string of the molecule is CC(C)C(=O)OC[C@H]1O[C@@H](n2ccc(NOC(=O)[C@H](C)N)nc2=O)[C@@H]2OC(=O)C(=O)O[C@@H]21. The molecule has 14 nitrogen and oxygen atoms in total. The van der Waals surface area contributed by atoms with Crippen LogP contribution in [0.25, 0.3) is 0 Å². The molecule has 3 rings (SSSR count). The second kappa shape index (κ2) is 9.32. The Balaban J connectivity index is 1.79. The number of nitrogens with two attached hydrogens (primary N) is 1. The summed E-state index contributed by atoms with van der Waals surface area (Å²) in [6.45, 7) is 4.39. The van der Waals surface area contributed by atoms with Gasteiger partial charge >= 0.3 is 29.6 Å². The number of anilines is 1. The van der Waals surface area contributed by atoms with Gasteiger partial charge in [0.05, 0.1) is 5.92 Å². The third-order valence-electron chi connectivity index (χ3n) is 4.53. The fourth-order valence-corrected chi connectivity index (χ4v) is 2.87. The standard InChI is InChI=1S/C18H22N4O10/c1-7(2)14(23)28-6-9-11-12(31-17(26)16(25)30-11)13(29-9)22-5-4-10(20-18(22)27)21-32-15(24)8(3)19/h4-5,7-9,11-13H,6,19H2,1-3H3,(H,20,21,27)/t8-,9+,11+,12+,13+/m0/s1. The highest BCUT2D eigenvalue weighted by molar-refractivity contribution is 6.30. The van der Waals surface area contributed by atoms with Gasteiger partial charge in [-0.1, -0.05) is 13.8 Å². The summed E-state index contributed by atoms with van der Waals surface area (Å²) in [5.74, 6) is -4.25. The Morgan fingerprint density at radius 2 is 1.81 bits per heavy atom. The molecule has 32 heavy (non-hydrogen) atoms. The highest BCUT2D eigenvalue weighted by Crippen LogP contribution is 2.35. The minimum Gasteiger partial charge on any atom is -0.463 e. The Morgan fingerprint density at radius 3 is 2.41 bits per heavy atom. The second-order valence-corrected chi connectivity index (χ2v) is 7.40. The van der Waals surface area contributed by atoms with Crippen LogP contribution in [-0.2, 0) is 43.0 Å². The van der Waals surface area contributed by atoms with Crippen molar-refractivity contribution in [2.24, 2.45) is 11.7 Å². The molecule has 3 heterocycles. The Labute approximate surface area is 180 Å². The number of nitrogens with one attached hydrogen (secondary N) is 1. The highest BCUT2D eigenvalue weighted by Gasteiger charge is 2.55. The van der Waals surface area contributed by atoms with E-state index in [1.807, 2.05) is 0 Å². The fraction of sp³-hybridized carbons (Fsp3) is 0.556. The van der Waals surface area contributed by atoms with Gasteiger partial charge in [-0.2, -0.15) is 4.98 Å². The predicted octanol–water partition coefficient (Wildman–Crippen LogP) is -1.61. The molecule has 14 heteroatoms. The first-order chi connectivity index (χ1) is 15.1. The molecule has 5 atom stereocenters. The molecule has 0 unspecified atom stereocenters. The molecule has 0 spiro atoms. The molecule has 2 saturated heterocycles. The van der Waals surface area contributed by atoms with Gasteiger partial charge in [-0.15, -0.1) is 0 Å². The van der Waals surface area contributed by atoms with Crippen LogP contribution in [-0.4, -0.2) is 64.4 Å². The third kappa shape index (κ3) is 4.86. The zero-order valence-corrected chi connectivity index (χ0v) is 17.4. The first-order valence-corrected chi connectivity index (χ1v) is 9.63. The Bertz CT molecular complexity index is 975. The lowest BCUT2D eigenvalue weighted by molar-refractivity contribution is -0.195. The van der Waals surface area contributed by atoms with Crippen molar-refractivity contribution in [1.29, 1.82) is 0 Å². The summed E-state index contributed by atoms with van der Waals surface area (Å²) in [6.07, 6.45) is -3.27. The van der Waals surface area contributed by atoms with Crippen molar-refractivity contribution in [1.82, 2.24) is 9.55 Å². The topological polar surface area (TPSA) is 187 Å². The summed E-state index contributed by atoms with van der Waals surface area (Å²) >= 11 is 0. The van der Waals surface area contributed by atoms with Gasteiger partial charge in [-0.05, 0) is 6.92 Å². The zero-order chi connectivity index (χ0) is 23.6. The number of aromatic nitrogens is 2. The van der Waals surface area contributed by atoms with Crippen molar-refractivity contribution >= 4 is 29.7 Å². The average molecular weight is 454 g/mol. The number of esters is 3. The van der Waals surface area contributed by atoms with E-state index in [4.69, 9.17) is 24.7 Å². The maximum atomic E-state index is 12.5. The normalized spacial score (nSPS) is 25.4. The molecule has 1 aromatic heterocycles. The van der Waals surface area contributed by atoms with Crippen LogP contribution >= 0.6 is 0 Å². The van der Waals surface area contributed by atoms with E-state index in [2.05, 4.69) is 15.3 Å². The van der Waals surface area contributed by atoms with Crippen LogP contribution in [0.5, 0.6) is 0 Å². The number of carbonyl (C=O) groups is 4. The second-order valence-electron chi connectivity index (χ2n) is 7.40. The van der Waals surface area contributed by atoms with Crippen molar-refractivity contribution in [2.45, 2.75) is 51.4 Å². The summed E-state index contributed by atoms with van der Waals surface area (Å²) in [5, 5.41) is 0. The van der Waals surface area contributed by atoms with Crippen LogP contribution < -0.4 is 16.9 Å². The molecule has 0 saturated carbocycles. The maximum Gasteiger partial charge on any atom is 0.418 e. The number of fused-ring (bicyclic) bond motifs is 1. The molecule has 174 valence electrons. The van der Waals surface area contributed by atoms with E-state index in [0.29, 0.717) is 0 Å². The number of carbonyl (C=O) groups excluding carboxylic acids is 4. The van der Waals surface area contributed by atoms with E-state index in [9.17, 15) is 24.0 Å². The number of rotatable bonds is 7. The van der Waals surface area contributed by atoms with Crippen LogP contribution in [0.4, 0.5) is 5.82 Å². The summed E-state index contributed by atoms with van der Waals surface area (Å²) in [6, 6.07) is 0.397. The van der Waals surface area contributed by atoms with Gasteiger partial charge in [0.25, 0.3) is 0 Å². The quantitative estimate of drug-likeness (QED) is 0.207. The van der Waals surface area contributed by atoms with Gasteiger partial charge in [0, 0.05) is 12.3 Å². The van der Waals surface area contributed by atoms with Crippen molar-refractivity contribution < 1.29 is 43.0 Å². The van der Waals surface area contributed by atoms with Crippen LogP contribution in [0.15, 0.2) is 17.1 Å². The molecule has 2 aliphatic heterocycles. The van der Waals surface area contributed by atoms with Crippen LogP contribution in [0.2, 0.25) is 0 Å². The molecule has 0 radical (unpaired) electrons. The summed E-state index contributed by atoms with van der Waals surface area (Å²) in [7, 11) is 0. The van der Waals surface area contributed by atoms with E-state index >= 15 is 0 Å². The van der Waals surface area contributed by atoms with Gasteiger partial charge in [0.15, 0.2) is 24.3 Å². The molecule has 2 fully saturated rings. The smallest absolute Gasteiger partial charge is 0.418 e. The lowest BCUT2D eigenvalue weighted by Crippen LogP contribution is -2.49. The van der Waals surface area contributed by atoms with E-state index < -0.39 is 66.1 Å². The maximum absolute atomic E-state index is 12.5. The molecule has 1 aromatic rings. The molecule has 0 aliphatic carbocycles. The fourth-order valence-electron chi connectivity index (χ4n) is 2.87. The molecule has 0 aromatic carbocycles. The van der Waals surface area contributed by atoms with Gasteiger partial charge in [-0.25, -0.2) is 24.7 Å². The van der Waals surface area contributed by atoms with Crippen molar-refractivity contribution in [3.63, 3.8) is 0 Å². The molecule has 2 aliphatic rings. The Morgan fingerprint density at radius 1 is 1.16 bits per heavy atom. The number of hydrogen-bond donors (Lipinski definition) is 2. The zero-order valence-electron chi connectivity index (χ0n) is 17.4. The lowest BCUT2D eigenvalue weighted by atomic mass is 10.1. The minimum atomic E-state index is -1.25.